The van der Waals surface area contributed by atoms with E-state index >= 15 is 0 Å². The zero-order valence-corrected chi connectivity index (χ0v) is 11.8. The molecule has 0 bridgehead atoms. The minimum atomic E-state index is 0.370. The van der Waals surface area contributed by atoms with Gasteiger partial charge in [0.1, 0.15) is 0 Å². The first-order valence-corrected chi connectivity index (χ1v) is 6.79. The monoisotopic (exact) mass is 247 g/mol. The molecule has 2 rings (SSSR count). The first-order chi connectivity index (χ1) is 8.61. The quantitative estimate of drug-likeness (QED) is 0.878. The number of hydrogen-bond donors (Lipinski definition) is 1. The van der Waals surface area contributed by atoms with Crippen molar-refractivity contribution in [3.8, 4) is 0 Å². The molecular formula is C15H25N3. The van der Waals surface area contributed by atoms with E-state index < -0.39 is 0 Å². The van der Waals surface area contributed by atoms with E-state index in [0.29, 0.717) is 18.6 Å². The summed E-state index contributed by atoms with van der Waals surface area (Å²) >= 11 is 0. The molecule has 2 unspecified atom stereocenters. The van der Waals surface area contributed by atoms with Crippen LogP contribution in [-0.2, 0) is 0 Å². The molecule has 0 amide bonds. The summed E-state index contributed by atoms with van der Waals surface area (Å²) in [5.74, 6) is 0. The Hall–Kier alpha value is -0.900. The summed E-state index contributed by atoms with van der Waals surface area (Å²) < 4.78 is 0. The molecule has 1 saturated heterocycles. The van der Waals surface area contributed by atoms with E-state index in [1.807, 2.05) is 0 Å². The van der Waals surface area contributed by atoms with E-state index in [2.05, 4.69) is 55.1 Å². The predicted octanol–water partition coefficient (Wildman–Crippen LogP) is 1.63. The van der Waals surface area contributed by atoms with Gasteiger partial charge in [0.2, 0.25) is 0 Å². The maximum Gasteiger partial charge on any atom is 0.0471 e. The lowest BCUT2D eigenvalue weighted by Crippen LogP contribution is -2.36. The van der Waals surface area contributed by atoms with Gasteiger partial charge in [-0.25, -0.2) is 0 Å². The molecule has 3 heteroatoms. The smallest absolute Gasteiger partial charge is 0.0471 e. The molecule has 2 atom stereocenters. The number of likely N-dealkylation sites (tertiary alicyclic amines) is 1. The lowest BCUT2D eigenvalue weighted by Gasteiger charge is -2.28. The normalized spacial score (nSPS) is 22.6. The van der Waals surface area contributed by atoms with Crippen LogP contribution in [0.4, 0.5) is 0 Å². The van der Waals surface area contributed by atoms with Gasteiger partial charge in [0, 0.05) is 31.7 Å². The highest BCUT2D eigenvalue weighted by atomic mass is 15.2. The molecule has 0 spiro atoms. The van der Waals surface area contributed by atoms with Crippen LogP contribution in [0.15, 0.2) is 24.3 Å². The highest BCUT2D eigenvalue weighted by Crippen LogP contribution is 2.26. The van der Waals surface area contributed by atoms with Gasteiger partial charge in [-0.2, -0.15) is 0 Å². The molecule has 100 valence electrons. The molecule has 1 aliphatic rings. The standard InChI is InChI=1S/C15H25N3/c1-12-5-4-6-13(9-12)15(10-16)18-8-7-14(11-18)17(2)3/h4-6,9,14-15H,7-8,10-11,16H2,1-3H3. The molecule has 1 heterocycles. The van der Waals surface area contributed by atoms with Crippen molar-refractivity contribution in [3.63, 3.8) is 0 Å². The van der Waals surface area contributed by atoms with Crippen LogP contribution in [0.5, 0.6) is 0 Å². The number of nitrogens with two attached hydrogens (primary N) is 1. The summed E-state index contributed by atoms with van der Waals surface area (Å²) in [6, 6.07) is 9.78. The Labute approximate surface area is 111 Å². The van der Waals surface area contributed by atoms with Gasteiger partial charge in [-0.15, -0.1) is 0 Å². The summed E-state index contributed by atoms with van der Waals surface area (Å²) in [6.07, 6.45) is 1.25. The lowest BCUT2D eigenvalue weighted by molar-refractivity contribution is 0.220. The lowest BCUT2D eigenvalue weighted by atomic mass is 10.0. The van der Waals surface area contributed by atoms with Crippen molar-refractivity contribution in [2.75, 3.05) is 33.7 Å². The Bertz CT molecular complexity index is 389. The summed E-state index contributed by atoms with van der Waals surface area (Å²) in [6.45, 7) is 5.12. The Morgan fingerprint density at radius 2 is 2.22 bits per heavy atom. The largest absolute Gasteiger partial charge is 0.329 e. The number of benzene rings is 1. The van der Waals surface area contributed by atoms with Gasteiger partial charge in [-0.1, -0.05) is 29.8 Å². The van der Waals surface area contributed by atoms with Gasteiger partial charge in [-0.3, -0.25) is 4.90 Å². The highest BCUT2D eigenvalue weighted by molar-refractivity contribution is 5.25. The van der Waals surface area contributed by atoms with Gasteiger partial charge in [0.25, 0.3) is 0 Å². The molecule has 1 aromatic rings. The second kappa shape index (κ2) is 5.83. The third-order valence-electron chi connectivity index (χ3n) is 4.02. The first-order valence-electron chi connectivity index (χ1n) is 6.79. The Morgan fingerprint density at radius 3 is 2.78 bits per heavy atom. The van der Waals surface area contributed by atoms with Crippen LogP contribution >= 0.6 is 0 Å². The van der Waals surface area contributed by atoms with Gasteiger partial charge < -0.3 is 10.6 Å². The molecular weight excluding hydrogens is 222 g/mol. The second-order valence-corrected chi connectivity index (χ2v) is 5.57. The van der Waals surface area contributed by atoms with E-state index in [-0.39, 0.29) is 0 Å². The second-order valence-electron chi connectivity index (χ2n) is 5.57. The highest BCUT2D eigenvalue weighted by Gasteiger charge is 2.29. The van der Waals surface area contributed by atoms with Crippen molar-refractivity contribution < 1.29 is 0 Å². The summed E-state index contributed by atoms with van der Waals surface area (Å²) in [4.78, 5) is 4.85. The minimum Gasteiger partial charge on any atom is -0.329 e. The molecule has 1 fully saturated rings. The van der Waals surface area contributed by atoms with E-state index in [4.69, 9.17) is 5.73 Å². The minimum absolute atomic E-state index is 0.370. The first kappa shape index (κ1) is 13.5. The van der Waals surface area contributed by atoms with E-state index in [0.717, 1.165) is 13.1 Å². The molecule has 0 saturated carbocycles. The summed E-state index contributed by atoms with van der Waals surface area (Å²) in [7, 11) is 4.33. The van der Waals surface area contributed by atoms with Crippen molar-refractivity contribution >= 4 is 0 Å². The van der Waals surface area contributed by atoms with Crippen LogP contribution in [0.2, 0.25) is 0 Å². The maximum atomic E-state index is 6.00. The topological polar surface area (TPSA) is 32.5 Å². The molecule has 2 N–H and O–H groups in total. The van der Waals surface area contributed by atoms with Crippen LogP contribution < -0.4 is 5.73 Å². The number of aryl methyl sites for hydroxylation is 1. The molecule has 1 aromatic carbocycles. The molecule has 0 radical (unpaired) electrons. The van der Waals surface area contributed by atoms with E-state index in [9.17, 15) is 0 Å². The van der Waals surface area contributed by atoms with Gasteiger partial charge in [-0.05, 0) is 33.0 Å². The van der Waals surface area contributed by atoms with Crippen molar-refractivity contribution in [1.82, 2.24) is 9.80 Å². The molecule has 0 aromatic heterocycles. The van der Waals surface area contributed by atoms with Crippen LogP contribution in [0.25, 0.3) is 0 Å². The zero-order valence-electron chi connectivity index (χ0n) is 11.8. The Kier molecular flexibility index (Phi) is 4.38. The van der Waals surface area contributed by atoms with Crippen molar-refractivity contribution in [3.05, 3.63) is 35.4 Å². The number of rotatable bonds is 4. The fourth-order valence-electron chi connectivity index (χ4n) is 2.85. The fourth-order valence-corrected chi connectivity index (χ4v) is 2.85. The zero-order chi connectivity index (χ0) is 13.1. The molecule has 0 aliphatic carbocycles. The van der Waals surface area contributed by atoms with Crippen molar-refractivity contribution in [1.29, 1.82) is 0 Å². The molecule has 1 aliphatic heterocycles. The van der Waals surface area contributed by atoms with Crippen LogP contribution in [0.1, 0.15) is 23.6 Å². The summed E-state index contributed by atoms with van der Waals surface area (Å²) in [5.41, 5.74) is 8.67. The number of likely N-dealkylation sites (N-methyl/N-ethyl adjacent to an activating group) is 1. The van der Waals surface area contributed by atoms with Crippen molar-refractivity contribution in [2.24, 2.45) is 5.73 Å². The Balaban J connectivity index is 2.10. The maximum absolute atomic E-state index is 6.00. The van der Waals surface area contributed by atoms with E-state index in [1.54, 1.807) is 0 Å². The number of nitrogens with zero attached hydrogens (tertiary/aromatic N) is 2. The van der Waals surface area contributed by atoms with Gasteiger partial charge in [0.15, 0.2) is 0 Å². The predicted molar refractivity (Wildman–Crippen MR) is 76.6 cm³/mol. The third-order valence-corrected chi connectivity index (χ3v) is 4.02. The fraction of sp³-hybridized carbons (Fsp3) is 0.600. The van der Waals surface area contributed by atoms with Crippen LogP contribution in [-0.4, -0.2) is 49.6 Å². The van der Waals surface area contributed by atoms with Gasteiger partial charge >= 0.3 is 0 Å². The molecule has 18 heavy (non-hydrogen) atoms. The van der Waals surface area contributed by atoms with Crippen LogP contribution in [0, 0.1) is 6.92 Å². The average Bonchev–Trinajstić information content (AvgIpc) is 2.80. The number of hydrogen-bond acceptors (Lipinski definition) is 3. The summed E-state index contributed by atoms with van der Waals surface area (Å²) in [5, 5.41) is 0. The third kappa shape index (κ3) is 2.91. The van der Waals surface area contributed by atoms with Gasteiger partial charge in [0.05, 0.1) is 0 Å². The SMILES string of the molecule is Cc1cccc(C(CN)N2CCC(N(C)C)C2)c1. The molecule has 3 nitrogen and oxygen atoms in total. The van der Waals surface area contributed by atoms with Crippen molar-refractivity contribution in [2.45, 2.75) is 25.4 Å². The van der Waals surface area contributed by atoms with E-state index in [1.165, 1.54) is 17.5 Å². The average molecular weight is 247 g/mol. The Morgan fingerprint density at radius 1 is 1.44 bits per heavy atom. The van der Waals surface area contributed by atoms with Crippen LogP contribution in [0.3, 0.4) is 0 Å².